The van der Waals surface area contributed by atoms with Gasteiger partial charge in [0.25, 0.3) is 0 Å². The van der Waals surface area contributed by atoms with Gasteiger partial charge in [0.1, 0.15) is 0 Å². The van der Waals surface area contributed by atoms with Crippen LogP contribution in [-0.4, -0.2) is 18.9 Å². The van der Waals surface area contributed by atoms with E-state index in [1.165, 1.54) is 59.9 Å². The van der Waals surface area contributed by atoms with E-state index in [2.05, 4.69) is 203 Å². The van der Waals surface area contributed by atoms with Crippen LogP contribution in [0.2, 0.25) is 0 Å². The third-order valence-electron chi connectivity index (χ3n) is 12.3. The van der Waals surface area contributed by atoms with Crippen molar-refractivity contribution in [2.45, 2.75) is 0 Å². The van der Waals surface area contributed by atoms with Crippen LogP contribution >= 0.6 is 0 Å². The van der Waals surface area contributed by atoms with E-state index in [9.17, 15) is 0 Å². The Bertz CT molecular complexity index is 3780. The molecule has 58 heavy (non-hydrogen) atoms. The lowest BCUT2D eigenvalue weighted by molar-refractivity contribution is 1.17. The molecule has 0 saturated heterocycles. The average Bonchev–Trinajstić information content (AvgIpc) is 3.78. The van der Waals surface area contributed by atoms with Gasteiger partial charge in [0.15, 0.2) is 5.82 Å². The average molecular weight is 737 g/mol. The zero-order valence-electron chi connectivity index (χ0n) is 31.3. The lowest BCUT2D eigenvalue weighted by atomic mass is 9.94. The van der Waals surface area contributed by atoms with E-state index >= 15 is 0 Å². The molecule has 0 aliphatic heterocycles. The van der Waals surface area contributed by atoms with Crippen molar-refractivity contribution in [1.82, 2.24) is 18.9 Å². The lowest BCUT2D eigenvalue weighted by Crippen LogP contribution is -1.98. The summed E-state index contributed by atoms with van der Waals surface area (Å²) in [6.07, 6.45) is 0. The van der Waals surface area contributed by atoms with Gasteiger partial charge in [0, 0.05) is 54.5 Å². The standard InChI is InChI=1S/C54H32N4/c1-2-13-33(14-3-1)37-16-6-7-19-41(37)52-44-32-29-34-15-4-5-17-38(34)51(44)55-54(56-52)35-27-30-36(31-28-35)57-46-24-11-20-40-43-22-10-21-42-39-18-8-9-23-45(39)58(53(42)43)48-26-12-25-47(57)50(48)49(40)46/h1-32H. The van der Waals surface area contributed by atoms with Gasteiger partial charge in [-0.2, -0.15) is 0 Å². The van der Waals surface area contributed by atoms with Crippen LogP contribution in [0.4, 0.5) is 0 Å². The van der Waals surface area contributed by atoms with Crippen molar-refractivity contribution < 1.29 is 0 Å². The van der Waals surface area contributed by atoms with Crippen LogP contribution in [0.25, 0.3) is 121 Å². The molecular weight excluding hydrogens is 705 g/mol. The Kier molecular flexibility index (Phi) is 6.41. The highest BCUT2D eigenvalue weighted by Crippen LogP contribution is 2.44. The van der Waals surface area contributed by atoms with Gasteiger partial charge in [-0.15, -0.1) is 0 Å². The number of hydrogen-bond donors (Lipinski definition) is 0. The highest BCUT2D eigenvalue weighted by atomic mass is 15.0. The predicted octanol–water partition coefficient (Wildman–Crippen LogP) is 14.0. The first kappa shape index (κ1) is 31.4. The number of benzene rings is 9. The minimum Gasteiger partial charge on any atom is -0.309 e. The zero-order chi connectivity index (χ0) is 37.9. The van der Waals surface area contributed by atoms with Crippen molar-refractivity contribution in [3.8, 4) is 39.5 Å². The molecule has 0 radical (unpaired) electrons. The third-order valence-corrected chi connectivity index (χ3v) is 12.3. The maximum Gasteiger partial charge on any atom is 0.160 e. The Morgan fingerprint density at radius 3 is 1.83 bits per heavy atom. The summed E-state index contributed by atoms with van der Waals surface area (Å²) in [5.74, 6) is 0.703. The molecule has 4 nitrogen and oxygen atoms in total. The van der Waals surface area contributed by atoms with Crippen molar-refractivity contribution in [1.29, 1.82) is 0 Å². The normalized spacial score (nSPS) is 12.1. The van der Waals surface area contributed by atoms with Crippen molar-refractivity contribution in [2.75, 3.05) is 0 Å². The highest BCUT2D eigenvalue weighted by molar-refractivity contribution is 6.31. The van der Waals surface area contributed by atoms with Crippen LogP contribution in [0.3, 0.4) is 0 Å². The van der Waals surface area contributed by atoms with Crippen LogP contribution in [0.15, 0.2) is 194 Å². The first-order chi connectivity index (χ1) is 28.8. The fraction of sp³-hybridized carbons (Fsp3) is 0. The topological polar surface area (TPSA) is 35.1 Å². The summed E-state index contributed by atoms with van der Waals surface area (Å²) in [4.78, 5) is 10.7. The van der Waals surface area contributed by atoms with Crippen LogP contribution in [-0.2, 0) is 0 Å². The Morgan fingerprint density at radius 2 is 0.966 bits per heavy atom. The van der Waals surface area contributed by atoms with Gasteiger partial charge >= 0.3 is 0 Å². The van der Waals surface area contributed by atoms with Gasteiger partial charge in [-0.1, -0.05) is 140 Å². The molecule has 0 unspecified atom stereocenters. The van der Waals surface area contributed by atoms with Crippen molar-refractivity contribution in [3.05, 3.63) is 194 Å². The SMILES string of the molecule is c1ccc(-c2ccccc2-c2nc(-c3ccc(-n4c5cccc6c7cccc8c9ccccc9n(c9cccc4c9c65)c78)cc3)nc3c2ccc2ccccc23)cc1. The van der Waals surface area contributed by atoms with Crippen LogP contribution in [0.5, 0.6) is 0 Å². The highest BCUT2D eigenvalue weighted by Gasteiger charge is 2.22. The summed E-state index contributed by atoms with van der Waals surface area (Å²) in [5, 5.41) is 10.9. The van der Waals surface area contributed by atoms with Crippen molar-refractivity contribution >= 4 is 81.6 Å². The second-order valence-corrected chi connectivity index (χ2v) is 15.3. The quantitative estimate of drug-likeness (QED) is 0.169. The first-order valence-electron chi connectivity index (χ1n) is 19.8. The van der Waals surface area contributed by atoms with Crippen molar-refractivity contribution in [2.24, 2.45) is 0 Å². The maximum absolute atomic E-state index is 5.41. The molecule has 4 aromatic heterocycles. The van der Waals surface area contributed by atoms with E-state index < -0.39 is 0 Å². The van der Waals surface area contributed by atoms with Gasteiger partial charge in [-0.25, -0.2) is 9.97 Å². The second-order valence-electron chi connectivity index (χ2n) is 15.3. The van der Waals surface area contributed by atoms with E-state index in [0.717, 1.165) is 55.3 Å². The van der Waals surface area contributed by atoms with E-state index in [-0.39, 0.29) is 0 Å². The molecule has 0 atom stereocenters. The minimum absolute atomic E-state index is 0.703. The summed E-state index contributed by atoms with van der Waals surface area (Å²) in [5.41, 5.74) is 13.4. The summed E-state index contributed by atoms with van der Waals surface area (Å²) < 4.78 is 4.91. The number of nitrogens with zero attached hydrogens (tertiary/aromatic N) is 4. The molecule has 0 saturated carbocycles. The molecule has 0 spiro atoms. The van der Waals surface area contributed by atoms with Crippen LogP contribution in [0.1, 0.15) is 0 Å². The fourth-order valence-corrected chi connectivity index (χ4v) is 9.78. The van der Waals surface area contributed by atoms with E-state index in [4.69, 9.17) is 9.97 Å². The minimum atomic E-state index is 0.703. The molecule has 0 N–H and O–H groups in total. The monoisotopic (exact) mass is 736 g/mol. The van der Waals surface area contributed by atoms with Crippen LogP contribution in [0, 0.1) is 0 Å². The first-order valence-corrected chi connectivity index (χ1v) is 19.8. The lowest BCUT2D eigenvalue weighted by Gasteiger charge is -2.15. The molecule has 9 aromatic carbocycles. The molecule has 0 fully saturated rings. The summed E-state index contributed by atoms with van der Waals surface area (Å²) in [7, 11) is 0. The molecule has 4 heterocycles. The number of para-hydroxylation sites is 2. The van der Waals surface area contributed by atoms with E-state index in [1.54, 1.807) is 0 Å². The number of fused-ring (bicyclic) bond motifs is 8. The molecule has 13 aromatic rings. The number of aromatic nitrogens is 4. The Labute approximate surface area is 332 Å². The molecule has 13 rings (SSSR count). The van der Waals surface area contributed by atoms with E-state index in [0.29, 0.717) is 5.82 Å². The summed E-state index contributed by atoms with van der Waals surface area (Å²) in [6, 6.07) is 70.0. The number of hydrogen-bond acceptors (Lipinski definition) is 2. The second kappa shape index (κ2) is 11.8. The summed E-state index contributed by atoms with van der Waals surface area (Å²) in [6.45, 7) is 0. The van der Waals surface area contributed by atoms with Gasteiger partial charge in [0.05, 0.1) is 38.8 Å². The molecule has 0 bridgehead atoms. The molecule has 0 aliphatic carbocycles. The molecule has 0 amide bonds. The van der Waals surface area contributed by atoms with Gasteiger partial charge in [-0.05, 0) is 76.5 Å². The van der Waals surface area contributed by atoms with Gasteiger partial charge in [0.2, 0.25) is 0 Å². The van der Waals surface area contributed by atoms with Gasteiger partial charge < -0.3 is 8.97 Å². The molecule has 268 valence electrons. The molecule has 0 aliphatic rings. The largest absolute Gasteiger partial charge is 0.309 e. The zero-order valence-corrected chi connectivity index (χ0v) is 31.3. The van der Waals surface area contributed by atoms with Crippen LogP contribution < -0.4 is 0 Å². The Balaban J connectivity index is 1.05. The Morgan fingerprint density at radius 1 is 0.345 bits per heavy atom. The Hall–Kier alpha value is -7.82. The fourth-order valence-electron chi connectivity index (χ4n) is 9.78. The predicted molar refractivity (Wildman–Crippen MR) is 242 cm³/mol. The smallest absolute Gasteiger partial charge is 0.160 e. The van der Waals surface area contributed by atoms with Crippen molar-refractivity contribution in [3.63, 3.8) is 0 Å². The van der Waals surface area contributed by atoms with Gasteiger partial charge in [-0.3, -0.25) is 0 Å². The third kappa shape index (κ3) is 4.29. The summed E-state index contributed by atoms with van der Waals surface area (Å²) >= 11 is 0. The maximum atomic E-state index is 5.41. The van der Waals surface area contributed by atoms with E-state index in [1.807, 2.05) is 0 Å². The molecule has 4 heteroatoms. The molecular formula is C54H32N4. The number of rotatable bonds is 4.